The largest absolute Gasteiger partial charge is 0.497 e. The maximum atomic E-state index is 11.2. The topological polar surface area (TPSA) is 46.5 Å². The third kappa shape index (κ3) is 3.48. The van der Waals surface area contributed by atoms with Crippen molar-refractivity contribution < 1.29 is 14.6 Å². The third-order valence-corrected chi connectivity index (χ3v) is 3.42. The second-order valence-electron chi connectivity index (χ2n) is 4.57. The van der Waals surface area contributed by atoms with E-state index in [1.54, 1.807) is 14.0 Å². The molecule has 94 valence electrons. The standard InChI is InChI=1S/C14H20O3/c1-4-14(2,13(15)16)10-9-11-5-7-12(17-3)8-6-11/h5-8H,4,9-10H2,1-3H3,(H,15,16). The Kier molecular flexibility index (Phi) is 4.55. The fourth-order valence-electron chi connectivity index (χ4n) is 1.65. The van der Waals surface area contributed by atoms with Gasteiger partial charge in [0.25, 0.3) is 0 Å². The minimum Gasteiger partial charge on any atom is -0.497 e. The number of benzene rings is 1. The molecule has 0 saturated heterocycles. The molecular formula is C14H20O3. The lowest BCUT2D eigenvalue weighted by Crippen LogP contribution is -2.27. The van der Waals surface area contributed by atoms with Crippen molar-refractivity contribution >= 4 is 5.97 Å². The summed E-state index contributed by atoms with van der Waals surface area (Å²) < 4.78 is 5.08. The molecule has 17 heavy (non-hydrogen) atoms. The smallest absolute Gasteiger partial charge is 0.309 e. The van der Waals surface area contributed by atoms with Gasteiger partial charge in [0.2, 0.25) is 0 Å². The van der Waals surface area contributed by atoms with E-state index in [1.165, 1.54) is 0 Å². The molecule has 1 aromatic carbocycles. The predicted molar refractivity (Wildman–Crippen MR) is 67.3 cm³/mol. The van der Waals surface area contributed by atoms with Gasteiger partial charge < -0.3 is 9.84 Å². The van der Waals surface area contributed by atoms with Crippen LogP contribution >= 0.6 is 0 Å². The third-order valence-electron chi connectivity index (χ3n) is 3.42. The quantitative estimate of drug-likeness (QED) is 0.825. The number of aliphatic carboxylic acids is 1. The van der Waals surface area contributed by atoms with Crippen LogP contribution in [0.2, 0.25) is 0 Å². The molecule has 1 atom stereocenters. The maximum Gasteiger partial charge on any atom is 0.309 e. The van der Waals surface area contributed by atoms with Crippen LogP contribution in [-0.2, 0) is 11.2 Å². The number of carboxylic acid groups (broad SMARTS) is 1. The van der Waals surface area contributed by atoms with Gasteiger partial charge in [0.15, 0.2) is 0 Å². The number of hydrogen-bond donors (Lipinski definition) is 1. The van der Waals surface area contributed by atoms with Crippen LogP contribution in [0.1, 0.15) is 32.3 Å². The highest BCUT2D eigenvalue weighted by molar-refractivity contribution is 5.74. The first-order valence-electron chi connectivity index (χ1n) is 5.88. The average Bonchev–Trinajstić information content (AvgIpc) is 2.36. The number of carbonyl (C=O) groups is 1. The molecule has 0 fully saturated rings. The molecule has 0 amide bonds. The van der Waals surface area contributed by atoms with E-state index in [9.17, 15) is 9.90 Å². The summed E-state index contributed by atoms with van der Waals surface area (Å²) in [7, 11) is 1.63. The molecule has 0 heterocycles. The summed E-state index contributed by atoms with van der Waals surface area (Å²) in [5.74, 6) is 0.110. The molecule has 1 aromatic rings. The van der Waals surface area contributed by atoms with Gasteiger partial charge in [-0.3, -0.25) is 4.79 Å². The summed E-state index contributed by atoms with van der Waals surface area (Å²) >= 11 is 0. The molecule has 1 unspecified atom stereocenters. The number of rotatable bonds is 6. The Morgan fingerprint density at radius 3 is 2.35 bits per heavy atom. The molecule has 3 nitrogen and oxygen atoms in total. The van der Waals surface area contributed by atoms with Gasteiger partial charge in [-0.25, -0.2) is 0 Å². The van der Waals surface area contributed by atoms with Crippen molar-refractivity contribution in [2.75, 3.05) is 7.11 Å². The normalized spacial score (nSPS) is 14.1. The lowest BCUT2D eigenvalue weighted by molar-refractivity contribution is -0.148. The van der Waals surface area contributed by atoms with Crippen molar-refractivity contribution in [1.82, 2.24) is 0 Å². The van der Waals surface area contributed by atoms with Crippen LogP contribution in [0, 0.1) is 5.41 Å². The monoisotopic (exact) mass is 236 g/mol. The Labute approximate surface area is 102 Å². The van der Waals surface area contributed by atoms with Gasteiger partial charge in [-0.15, -0.1) is 0 Å². The second-order valence-corrected chi connectivity index (χ2v) is 4.57. The van der Waals surface area contributed by atoms with Crippen LogP contribution in [-0.4, -0.2) is 18.2 Å². The van der Waals surface area contributed by atoms with Gasteiger partial charge in [0, 0.05) is 0 Å². The maximum absolute atomic E-state index is 11.2. The van der Waals surface area contributed by atoms with Crippen molar-refractivity contribution in [3.8, 4) is 5.75 Å². The Morgan fingerprint density at radius 2 is 1.94 bits per heavy atom. The molecule has 0 aromatic heterocycles. The second kappa shape index (κ2) is 5.71. The molecule has 3 heteroatoms. The summed E-state index contributed by atoms with van der Waals surface area (Å²) in [5.41, 5.74) is 0.520. The lowest BCUT2D eigenvalue weighted by Gasteiger charge is -2.22. The van der Waals surface area contributed by atoms with Crippen molar-refractivity contribution in [1.29, 1.82) is 0 Å². The minimum absolute atomic E-state index is 0.625. The van der Waals surface area contributed by atoms with Crippen LogP contribution in [0.25, 0.3) is 0 Å². The number of methoxy groups -OCH3 is 1. The summed E-state index contributed by atoms with van der Waals surface area (Å²) in [5, 5.41) is 9.17. The van der Waals surface area contributed by atoms with Gasteiger partial charge in [0.1, 0.15) is 5.75 Å². The fourth-order valence-corrected chi connectivity index (χ4v) is 1.65. The molecule has 0 aliphatic carbocycles. The summed E-state index contributed by atoms with van der Waals surface area (Å²) in [6, 6.07) is 7.77. The zero-order chi connectivity index (χ0) is 12.9. The minimum atomic E-state index is -0.714. The Morgan fingerprint density at radius 1 is 1.35 bits per heavy atom. The van der Waals surface area contributed by atoms with Crippen molar-refractivity contribution in [2.24, 2.45) is 5.41 Å². The van der Waals surface area contributed by atoms with E-state index in [0.717, 1.165) is 17.7 Å². The van der Waals surface area contributed by atoms with E-state index in [4.69, 9.17) is 4.74 Å². The zero-order valence-corrected chi connectivity index (χ0v) is 10.7. The van der Waals surface area contributed by atoms with Gasteiger partial charge in [-0.1, -0.05) is 19.1 Å². The zero-order valence-electron chi connectivity index (χ0n) is 10.7. The first kappa shape index (κ1) is 13.6. The van der Waals surface area contributed by atoms with Crippen LogP contribution in [0.5, 0.6) is 5.75 Å². The van der Waals surface area contributed by atoms with E-state index in [2.05, 4.69) is 0 Å². The van der Waals surface area contributed by atoms with E-state index >= 15 is 0 Å². The van der Waals surface area contributed by atoms with Crippen molar-refractivity contribution in [3.05, 3.63) is 29.8 Å². The van der Waals surface area contributed by atoms with Crippen molar-refractivity contribution in [2.45, 2.75) is 33.1 Å². The van der Waals surface area contributed by atoms with E-state index < -0.39 is 11.4 Å². The van der Waals surface area contributed by atoms with E-state index in [0.29, 0.717) is 12.8 Å². The Bertz CT molecular complexity index is 370. The fraction of sp³-hybridized carbons (Fsp3) is 0.500. The Balaban J connectivity index is 2.63. The molecule has 0 aliphatic heterocycles. The summed E-state index contributed by atoms with van der Waals surface area (Å²) in [6.45, 7) is 3.72. The van der Waals surface area contributed by atoms with Crippen LogP contribution in [0.3, 0.4) is 0 Å². The predicted octanol–water partition coefficient (Wildman–Crippen LogP) is 3.13. The molecule has 0 radical (unpaired) electrons. The molecule has 1 rings (SSSR count). The number of carboxylic acids is 1. The molecule has 0 bridgehead atoms. The molecular weight excluding hydrogens is 216 g/mol. The van der Waals surface area contributed by atoms with Crippen LogP contribution in [0.4, 0.5) is 0 Å². The van der Waals surface area contributed by atoms with Crippen molar-refractivity contribution in [3.63, 3.8) is 0 Å². The van der Waals surface area contributed by atoms with Crippen LogP contribution < -0.4 is 4.74 Å². The average molecular weight is 236 g/mol. The summed E-state index contributed by atoms with van der Waals surface area (Å²) in [4.78, 5) is 11.2. The highest BCUT2D eigenvalue weighted by Crippen LogP contribution is 2.28. The van der Waals surface area contributed by atoms with Gasteiger partial charge in [0.05, 0.1) is 12.5 Å². The molecule has 0 aliphatic rings. The first-order chi connectivity index (χ1) is 8.01. The molecule has 1 N–H and O–H groups in total. The summed E-state index contributed by atoms with van der Waals surface area (Å²) in [6.07, 6.45) is 2.09. The van der Waals surface area contributed by atoms with Gasteiger partial charge >= 0.3 is 5.97 Å². The number of aryl methyl sites for hydroxylation is 1. The SMILES string of the molecule is CCC(C)(CCc1ccc(OC)cc1)C(=O)O. The molecule has 0 saturated carbocycles. The number of ether oxygens (including phenoxy) is 1. The highest BCUT2D eigenvalue weighted by atomic mass is 16.5. The van der Waals surface area contributed by atoms with Crippen LogP contribution in [0.15, 0.2) is 24.3 Å². The number of hydrogen-bond acceptors (Lipinski definition) is 2. The Hall–Kier alpha value is -1.51. The van der Waals surface area contributed by atoms with Gasteiger partial charge in [-0.2, -0.15) is 0 Å². The highest BCUT2D eigenvalue weighted by Gasteiger charge is 2.30. The van der Waals surface area contributed by atoms with Gasteiger partial charge in [-0.05, 0) is 43.9 Å². The lowest BCUT2D eigenvalue weighted by atomic mass is 9.82. The first-order valence-corrected chi connectivity index (χ1v) is 5.88. The van der Waals surface area contributed by atoms with E-state index in [-0.39, 0.29) is 0 Å². The van der Waals surface area contributed by atoms with E-state index in [1.807, 2.05) is 31.2 Å². The molecule has 0 spiro atoms.